The standard InChI is InChI=1S/C18H25NO4/c1-2-23-18(22)14-7-9-15(10-8-14)19-16-5-3-4-13(12-16)6-11-17(20)21/h3-5,12,14-15,19H,2,6-11H2,1H3,(H,20,21). The van der Waals surface area contributed by atoms with E-state index in [1.807, 2.05) is 31.2 Å². The minimum Gasteiger partial charge on any atom is -0.481 e. The average molecular weight is 319 g/mol. The highest BCUT2D eigenvalue weighted by Crippen LogP contribution is 2.27. The SMILES string of the molecule is CCOC(=O)C1CCC(Nc2cccc(CCC(=O)O)c2)CC1. The van der Waals surface area contributed by atoms with Gasteiger partial charge in [-0.1, -0.05) is 12.1 Å². The molecule has 0 heterocycles. The van der Waals surface area contributed by atoms with E-state index in [0.717, 1.165) is 36.9 Å². The number of ether oxygens (including phenoxy) is 1. The van der Waals surface area contributed by atoms with Crippen LogP contribution >= 0.6 is 0 Å². The molecule has 0 atom stereocenters. The molecule has 1 fully saturated rings. The molecule has 1 saturated carbocycles. The number of carboxylic acids is 1. The van der Waals surface area contributed by atoms with Crippen LogP contribution in [-0.4, -0.2) is 29.7 Å². The number of anilines is 1. The lowest BCUT2D eigenvalue weighted by Gasteiger charge is -2.28. The zero-order valence-electron chi connectivity index (χ0n) is 13.6. The molecule has 0 aromatic heterocycles. The number of nitrogens with one attached hydrogen (secondary N) is 1. The number of hydrogen-bond acceptors (Lipinski definition) is 4. The summed E-state index contributed by atoms with van der Waals surface area (Å²) in [5.41, 5.74) is 2.05. The van der Waals surface area contributed by atoms with Crippen molar-refractivity contribution in [3.05, 3.63) is 29.8 Å². The number of esters is 1. The van der Waals surface area contributed by atoms with Gasteiger partial charge in [0, 0.05) is 18.2 Å². The van der Waals surface area contributed by atoms with E-state index in [4.69, 9.17) is 9.84 Å². The van der Waals surface area contributed by atoms with Crippen LogP contribution in [0.2, 0.25) is 0 Å². The molecule has 0 unspecified atom stereocenters. The molecule has 0 aliphatic heterocycles. The Morgan fingerprint density at radius 3 is 2.65 bits per heavy atom. The fourth-order valence-electron chi connectivity index (χ4n) is 3.04. The van der Waals surface area contributed by atoms with Crippen LogP contribution in [0, 0.1) is 5.92 Å². The van der Waals surface area contributed by atoms with Gasteiger partial charge in [-0.25, -0.2) is 0 Å². The summed E-state index contributed by atoms with van der Waals surface area (Å²) in [5.74, 6) is -0.808. The van der Waals surface area contributed by atoms with Crippen molar-refractivity contribution in [2.24, 2.45) is 5.92 Å². The normalized spacial score (nSPS) is 20.7. The van der Waals surface area contributed by atoms with Crippen molar-refractivity contribution in [1.82, 2.24) is 0 Å². The molecule has 0 amide bonds. The van der Waals surface area contributed by atoms with Gasteiger partial charge in [0.2, 0.25) is 0 Å². The van der Waals surface area contributed by atoms with Crippen molar-refractivity contribution in [2.75, 3.05) is 11.9 Å². The first-order chi connectivity index (χ1) is 11.1. The van der Waals surface area contributed by atoms with Crippen molar-refractivity contribution in [1.29, 1.82) is 0 Å². The van der Waals surface area contributed by atoms with Gasteiger partial charge < -0.3 is 15.2 Å². The first kappa shape index (κ1) is 17.3. The molecule has 0 radical (unpaired) electrons. The van der Waals surface area contributed by atoms with Crippen LogP contribution < -0.4 is 5.32 Å². The van der Waals surface area contributed by atoms with Gasteiger partial charge in [-0.3, -0.25) is 9.59 Å². The second-order valence-corrected chi connectivity index (χ2v) is 6.04. The number of carboxylic acid groups (broad SMARTS) is 1. The van der Waals surface area contributed by atoms with E-state index in [1.165, 1.54) is 0 Å². The molecule has 1 aliphatic rings. The summed E-state index contributed by atoms with van der Waals surface area (Å²) < 4.78 is 5.09. The van der Waals surface area contributed by atoms with Crippen molar-refractivity contribution in [3.63, 3.8) is 0 Å². The summed E-state index contributed by atoms with van der Waals surface area (Å²) >= 11 is 0. The van der Waals surface area contributed by atoms with Crippen LogP contribution in [-0.2, 0) is 20.7 Å². The lowest BCUT2D eigenvalue weighted by Crippen LogP contribution is -2.30. The van der Waals surface area contributed by atoms with Gasteiger partial charge in [-0.2, -0.15) is 0 Å². The van der Waals surface area contributed by atoms with Crippen LogP contribution in [0.5, 0.6) is 0 Å². The summed E-state index contributed by atoms with van der Waals surface area (Å²) in [6.45, 7) is 2.28. The Hall–Kier alpha value is -2.04. The molecular weight excluding hydrogens is 294 g/mol. The van der Waals surface area contributed by atoms with Gasteiger partial charge in [0.15, 0.2) is 0 Å². The third kappa shape index (κ3) is 5.58. The molecule has 1 aliphatic carbocycles. The second kappa shape index (κ2) is 8.56. The highest BCUT2D eigenvalue weighted by atomic mass is 16.5. The molecule has 126 valence electrons. The van der Waals surface area contributed by atoms with E-state index >= 15 is 0 Å². The van der Waals surface area contributed by atoms with Gasteiger partial charge >= 0.3 is 11.9 Å². The van der Waals surface area contributed by atoms with E-state index in [0.29, 0.717) is 19.1 Å². The average Bonchev–Trinajstić information content (AvgIpc) is 2.54. The fourth-order valence-corrected chi connectivity index (χ4v) is 3.04. The van der Waals surface area contributed by atoms with Crippen molar-refractivity contribution in [2.45, 2.75) is 51.5 Å². The Morgan fingerprint density at radius 1 is 1.26 bits per heavy atom. The second-order valence-electron chi connectivity index (χ2n) is 6.04. The van der Waals surface area contributed by atoms with E-state index < -0.39 is 5.97 Å². The van der Waals surface area contributed by atoms with Gasteiger partial charge in [-0.05, 0) is 56.7 Å². The number of benzene rings is 1. The lowest BCUT2D eigenvalue weighted by molar-refractivity contribution is -0.149. The Morgan fingerprint density at radius 2 is 2.00 bits per heavy atom. The van der Waals surface area contributed by atoms with Gasteiger partial charge in [-0.15, -0.1) is 0 Å². The van der Waals surface area contributed by atoms with Crippen molar-refractivity contribution in [3.8, 4) is 0 Å². The van der Waals surface area contributed by atoms with Crippen LogP contribution in [0.3, 0.4) is 0 Å². The van der Waals surface area contributed by atoms with Gasteiger partial charge in [0.25, 0.3) is 0 Å². The minimum atomic E-state index is -0.777. The van der Waals surface area contributed by atoms with Crippen LogP contribution in [0.1, 0.15) is 44.6 Å². The largest absolute Gasteiger partial charge is 0.481 e. The Labute approximate surface area is 137 Å². The molecule has 0 spiro atoms. The van der Waals surface area contributed by atoms with Gasteiger partial charge in [0.1, 0.15) is 0 Å². The highest BCUT2D eigenvalue weighted by molar-refractivity contribution is 5.72. The molecule has 0 saturated heterocycles. The first-order valence-electron chi connectivity index (χ1n) is 8.32. The number of aryl methyl sites for hydroxylation is 1. The topological polar surface area (TPSA) is 75.6 Å². The first-order valence-corrected chi connectivity index (χ1v) is 8.32. The summed E-state index contributed by atoms with van der Waals surface area (Å²) in [4.78, 5) is 22.4. The molecule has 2 N–H and O–H groups in total. The van der Waals surface area contributed by atoms with Crippen LogP contribution in [0.4, 0.5) is 5.69 Å². The minimum absolute atomic E-state index is 0.0369. The zero-order chi connectivity index (χ0) is 16.7. The predicted molar refractivity (Wildman–Crippen MR) is 88.4 cm³/mol. The monoisotopic (exact) mass is 319 g/mol. The molecule has 23 heavy (non-hydrogen) atoms. The smallest absolute Gasteiger partial charge is 0.308 e. The maximum atomic E-state index is 11.7. The third-order valence-electron chi connectivity index (χ3n) is 4.27. The van der Waals surface area contributed by atoms with E-state index in [-0.39, 0.29) is 18.3 Å². The van der Waals surface area contributed by atoms with Crippen molar-refractivity contribution < 1.29 is 19.4 Å². The number of carbonyl (C=O) groups excluding carboxylic acids is 1. The van der Waals surface area contributed by atoms with E-state index in [9.17, 15) is 9.59 Å². The quantitative estimate of drug-likeness (QED) is 0.755. The highest BCUT2D eigenvalue weighted by Gasteiger charge is 2.27. The van der Waals surface area contributed by atoms with E-state index in [2.05, 4.69) is 5.32 Å². The van der Waals surface area contributed by atoms with Crippen LogP contribution in [0.25, 0.3) is 0 Å². The lowest BCUT2D eigenvalue weighted by atomic mass is 9.86. The molecular formula is C18H25NO4. The maximum Gasteiger partial charge on any atom is 0.308 e. The molecule has 0 bridgehead atoms. The maximum absolute atomic E-state index is 11.7. The third-order valence-corrected chi connectivity index (χ3v) is 4.27. The molecule has 1 aromatic carbocycles. The number of hydrogen-bond donors (Lipinski definition) is 2. The summed E-state index contributed by atoms with van der Waals surface area (Å²) in [6.07, 6.45) is 4.30. The summed E-state index contributed by atoms with van der Waals surface area (Å²) in [6, 6.07) is 8.27. The Kier molecular flexibility index (Phi) is 6.44. The molecule has 5 nitrogen and oxygen atoms in total. The Balaban J connectivity index is 1.83. The van der Waals surface area contributed by atoms with Crippen molar-refractivity contribution >= 4 is 17.6 Å². The Bertz CT molecular complexity index is 536. The molecule has 1 aromatic rings. The number of aliphatic carboxylic acids is 1. The summed E-state index contributed by atoms with van der Waals surface area (Å²) in [7, 11) is 0. The predicted octanol–water partition coefficient (Wildman–Crippen LogP) is 3.24. The van der Waals surface area contributed by atoms with Crippen LogP contribution in [0.15, 0.2) is 24.3 Å². The van der Waals surface area contributed by atoms with E-state index in [1.54, 1.807) is 0 Å². The zero-order valence-corrected chi connectivity index (χ0v) is 13.6. The van der Waals surface area contributed by atoms with Gasteiger partial charge in [0.05, 0.1) is 12.5 Å². The fraction of sp³-hybridized carbons (Fsp3) is 0.556. The molecule has 5 heteroatoms. The number of rotatable bonds is 7. The molecule has 2 rings (SSSR count). The number of carbonyl (C=O) groups is 2. The summed E-state index contributed by atoms with van der Waals surface area (Å²) in [5, 5.41) is 12.3.